The van der Waals surface area contributed by atoms with Crippen LogP contribution in [-0.2, 0) is 26.1 Å². The molecule has 0 aliphatic carbocycles. The Morgan fingerprint density at radius 2 is 2.30 bits per heavy atom. The second-order valence-corrected chi connectivity index (χ2v) is 7.63. The van der Waals surface area contributed by atoms with Gasteiger partial charge in [-0.3, -0.25) is 9.78 Å². The number of aromatic nitrogens is 1. The number of ether oxygens (including phenoxy) is 1. The highest BCUT2D eigenvalue weighted by Gasteiger charge is 2.31. The molecule has 1 aliphatic rings. The predicted molar refractivity (Wildman–Crippen MR) is 86.0 cm³/mol. The van der Waals surface area contributed by atoms with Gasteiger partial charge in [0.2, 0.25) is 15.9 Å². The van der Waals surface area contributed by atoms with E-state index in [2.05, 4.69) is 10.3 Å². The summed E-state index contributed by atoms with van der Waals surface area (Å²) in [5.74, 6) is -0.488. The molecule has 1 atom stereocenters. The summed E-state index contributed by atoms with van der Waals surface area (Å²) in [6.07, 6.45) is 3.06. The molecule has 1 fully saturated rings. The van der Waals surface area contributed by atoms with Crippen molar-refractivity contribution in [3.8, 4) is 0 Å². The Morgan fingerprint density at radius 1 is 1.48 bits per heavy atom. The predicted octanol–water partition coefficient (Wildman–Crippen LogP) is 0.386. The van der Waals surface area contributed by atoms with Crippen LogP contribution < -0.4 is 5.32 Å². The fourth-order valence-electron chi connectivity index (χ4n) is 2.55. The fourth-order valence-corrected chi connectivity index (χ4v) is 4.00. The summed E-state index contributed by atoms with van der Waals surface area (Å²) >= 11 is 0. The van der Waals surface area contributed by atoms with Crippen LogP contribution in [0.25, 0.3) is 0 Å². The van der Waals surface area contributed by atoms with E-state index in [0.717, 1.165) is 5.69 Å². The monoisotopic (exact) mass is 341 g/mol. The third-order valence-corrected chi connectivity index (χ3v) is 5.66. The van der Waals surface area contributed by atoms with Gasteiger partial charge in [0.05, 0.1) is 30.5 Å². The first-order valence-electron chi connectivity index (χ1n) is 7.67. The minimum Gasteiger partial charge on any atom is -0.384 e. The Kier molecular flexibility index (Phi) is 6.49. The lowest BCUT2D eigenvalue weighted by atomic mass is 9.99. The van der Waals surface area contributed by atoms with Crippen molar-refractivity contribution in [3.63, 3.8) is 0 Å². The standard InChI is InChI=1S/C15H23N3O4S/c1-22-9-10-23(20,21)18-8-4-5-13(12-18)15(19)17-11-14-6-2-3-7-16-14/h2-3,6-7,13H,4-5,8-12H2,1H3,(H,17,19). The molecule has 0 bridgehead atoms. The molecular formula is C15H23N3O4S. The van der Waals surface area contributed by atoms with Gasteiger partial charge >= 0.3 is 0 Å². The van der Waals surface area contributed by atoms with Crippen LogP contribution in [-0.4, -0.2) is 56.2 Å². The third kappa shape index (κ3) is 5.26. The van der Waals surface area contributed by atoms with Gasteiger partial charge in [0.25, 0.3) is 0 Å². The molecule has 0 saturated carbocycles. The van der Waals surface area contributed by atoms with E-state index in [0.29, 0.717) is 25.9 Å². The van der Waals surface area contributed by atoms with Gasteiger partial charge in [0.15, 0.2) is 0 Å². The van der Waals surface area contributed by atoms with Crippen molar-refractivity contribution >= 4 is 15.9 Å². The highest BCUT2D eigenvalue weighted by atomic mass is 32.2. The average Bonchev–Trinajstić information content (AvgIpc) is 2.59. The summed E-state index contributed by atoms with van der Waals surface area (Å²) in [5, 5.41) is 2.84. The molecule has 2 rings (SSSR count). The van der Waals surface area contributed by atoms with Gasteiger partial charge in [0.1, 0.15) is 0 Å². The molecule has 1 aromatic heterocycles. The van der Waals surface area contributed by atoms with Crippen molar-refractivity contribution in [1.82, 2.24) is 14.6 Å². The van der Waals surface area contributed by atoms with Crippen LogP contribution in [0, 0.1) is 5.92 Å². The van der Waals surface area contributed by atoms with Crippen molar-refractivity contribution in [2.45, 2.75) is 19.4 Å². The van der Waals surface area contributed by atoms with Crippen LogP contribution >= 0.6 is 0 Å². The molecule has 0 radical (unpaired) electrons. The summed E-state index contributed by atoms with van der Waals surface area (Å²) in [4.78, 5) is 16.4. The first-order valence-corrected chi connectivity index (χ1v) is 9.28. The van der Waals surface area contributed by atoms with Crippen LogP contribution in [0.1, 0.15) is 18.5 Å². The number of hydrogen-bond acceptors (Lipinski definition) is 5. The topological polar surface area (TPSA) is 88.6 Å². The summed E-state index contributed by atoms with van der Waals surface area (Å²) in [6, 6.07) is 5.51. The molecule has 2 heterocycles. The van der Waals surface area contributed by atoms with E-state index in [1.54, 1.807) is 6.20 Å². The number of hydrogen-bond donors (Lipinski definition) is 1. The summed E-state index contributed by atoms with van der Waals surface area (Å²) in [5.41, 5.74) is 0.779. The molecule has 1 aliphatic heterocycles. The number of piperidine rings is 1. The van der Waals surface area contributed by atoms with E-state index in [4.69, 9.17) is 4.74 Å². The van der Waals surface area contributed by atoms with E-state index >= 15 is 0 Å². The van der Waals surface area contributed by atoms with E-state index in [1.165, 1.54) is 11.4 Å². The van der Waals surface area contributed by atoms with Crippen LogP contribution in [0.3, 0.4) is 0 Å². The van der Waals surface area contributed by atoms with Gasteiger partial charge in [-0.25, -0.2) is 12.7 Å². The molecule has 1 N–H and O–H groups in total. The van der Waals surface area contributed by atoms with Crippen LogP contribution in [0.5, 0.6) is 0 Å². The normalized spacial score (nSPS) is 19.4. The van der Waals surface area contributed by atoms with Crippen LogP contribution in [0.15, 0.2) is 24.4 Å². The van der Waals surface area contributed by atoms with E-state index in [9.17, 15) is 13.2 Å². The first-order chi connectivity index (χ1) is 11.0. The molecule has 0 aromatic carbocycles. The van der Waals surface area contributed by atoms with Crippen molar-refractivity contribution in [1.29, 1.82) is 0 Å². The molecule has 8 heteroatoms. The molecule has 1 unspecified atom stereocenters. The van der Waals surface area contributed by atoms with Gasteiger partial charge in [-0.15, -0.1) is 0 Å². The minimum absolute atomic E-state index is 0.0498. The number of carbonyl (C=O) groups excluding carboxylic acids is 1. The SMILES string of the molecule is COCCS(=O)(=O)N1CCCC(C(=O)NCc2ccccn2)C1. The number of methoxy groups -OCH3 is 1. The van der Waals surface area contributed by atoms with Gasteiger partial charge in [-0.2, -0.15) is 0 Å². The Balaban J connectivity index is 1.88. The summed E-state index contributed by atoms with van der Waals surface area (Å²) < 4.78 is 30.6. The zero-order chi connectivity index (χ0) is 16.7. The number of nitrogens with zero attached hydrogens (tertiary/aromatic N) is 2. The highest BCUT2D eigenvalue weighted by molar-refractivity contribution is 7.89. The number of pyridine rings is 1. The Labute approximate surface area is 137 Å². The lowest BCUT2D eigenvalue weighted by Crippen LogP contribution is -2.46. The van der Waals surface area contributed by atoms with Crippen molar-refractivity contribution in [2.75, 3.05) is 32.6 Å². The number of sulfonamides is 1. The molecule has 1 saturated heterocycles. The van der Waals surface area contributed by atoms with Gasteiger partial charge in [0, 0.05) is 26.4 Å². The first kappa shape index (κ1) is 17.8. The maximum Gasteiger partial charge on any atom is 0.224 e. The fraction of sp³-hybridized carbons (Fsp3) is 0.600. The van der Waals surface area contributed by atoms with Gasteiger partial charge in [-0.1, -0.05) is 6.07 Å². The van der Waals surface area contributed by atoms with Gasteiger partial charge in [-0.05, 0) is 25.0 Å². The number of rotatable bonds is 7. The summed E-state index contributed by atoms with van der Waals surface area (Å²) in [6.45, 7) is 1.22. The van der Waals surface area contributed by atoms with Crippen molar-refractivity contribution in [3.05, 3.63) is 30.1 Å². The zero-order valence-electron chi connectivity index (χ0n) is 13.3. The lowest BCUT2D eigenvalue weighted by Gasteiger charge is -2.31. The Bertz CT molecular complexity index is 606. The lowest BCUT2D eigenvalue weighted by molar-refractivity contribution is -0.126. The summed E-state index contributed by atoms with van der Waals surface area (Å²) in [7, 11) is -1.89. The second kappa shape index (κ2) is 8.37. The van der Waals surface area contributed by atoms with E-state index in [1.807, 2.05) is 18.2 Å². The Hall–Kier alpha value is -1.51. The maximum atomic E-state index is 12.3. The molecule has 23 heavy (non-hydrogen) atoms. The van der Waals surface area contributed by atoms with E-state index < -0.39 is 10.0 Å². The van der Waals surface area contributed by atoms with Crippen LogP contribution in [0.4, 0.5) is 0 Å². The van der Waals surface area contributed by atoms with Crippen molar-refractivity contribution < 1.29 is 17.9 Å². The molecule has 1 aromatic rings. The maximum absolute atomic E-state index is 12.3. The minimum atomic E-state index is -3.36. The molecular weight excluding hydrogens is 318 g/mol. The molecule has 7 nitrogen and oxygen atoms in total. The van der Waals surface area contributed by atoms with Crippen molar-refractivity contribution in [2.24, 2.45) is 5.92 Å². The smallest absolute Gasteiger partial charge is 0.224 e. The number of nitrogens with one attached hydrogen (secondary N) is 1. The molecule has 0 spiro atoms. The van der Waals surface area contributed by atoms with E-state index in [-0.39, 0.29) is 30.7 Å². The number of amides is 1. The molecule has 128 valence electrons. The molecule has 1 amide bonds. The zero-order valence-corrected chi connectivity index (χ0v) is 14.1. The quantitative estimate of drug-likeness (QED) is 0.775. The Morgan fingerprint density at radius 3 is 3.00 bits per heavy atom. The second-order valence-electron chi connectivity index (χ2n) is 5.54. The highest BCUT2D eigenvalue weighted by Crippen LogP contribution is 2.19. The van der Waals surface area contributed by atoms with Gasteiger partial charge < -0.3 is 10.1 Å². The third-order valence-electron chi connectivity index (χ3n) is 3.86. The number of carbonyl (C=O) groups is 1. The largest absolute Gasteiger partial charge is 0.384 e. The average molecular weight is 341 g/mol. The van der Waals surface area contributed by atoms with Crippen LogP contribution in [0.2, 0.25) is 0 Å².